The van der Waals surface area contributed by atoms with Crippen LogP contribution in [0.2, 0.25) is 0 Å². The van der Waals surface area contributed by atoms with Crippen molar-refractivity contribution in [1.82, 2.24) is 5.32 Å². The minimum absolute atomic E-state index is 0.0782. The van der Waals surface area contributed by atoms with E-state index in [2.05, 4.69) is 15.4 Å². The van der Waals surface area contributed by atoms with Gasteiger partial charge in [-0.15, -0.1) is 0 Å². The molecule has 8 heteroatoms. The van der Waals surface area contributed by atoms with Gasteiger partial charge in [-0.05, 0) is 39.8 Å². The highest BCUT2D eigenvalue weighted by Gasteiger charge is 2.21. The van der Waals surface area contributed by atoms with E-state index in [1.165, 1.54) is 31.2 Å². The molecule has 128 valence electrons. The molecule has 0 unspecified atom stereocenters. The van der Waals surface area contributed by atoms with Crippen molar-refractivity contribution < 1.29 is 27.8 Å². The monoisotopic (exact) mass is 330 g/mol. The fraction of sp³-hybridized carbons (Fsp3) is 0.467. The molecule has 0 heterocycles. The Balaban J connectivity index is 2.60. The molecular formula is C15H20F2N2O4. The van der Waals surface area contributed by atoms with Crippen molar-refractivity contribution >= 4 is 17.7 Å². The van der Waals surface area contributed by atoms with Crippen LogP contribution in [0.25, 0.3) is 0 Å². The first-order valence-electron chi connectivity index (χ1n) is 6.92. The lowest BCUT2D eigenvalue weighted by molar-refractivity contribution is -0.117. The van der Waals surface area contributed by atoms with E-state index >= 15 is 0 Å². The molecule has 0 aliphatic carbocycles. The molecule has 0 radical (unpaired) electrons. The Kier molecular flexibility index (Phi) is 6.29. The Morgan fingerprint density at radius 1 is 1.22 bits per heavy atom. The molecule has 1 aromatic carbocycles. The van der Waals surface area contributed by atoms with Gasteiger partial charge in [-0.25, -0.2) is 4.79 Å². The van der Waals surface area contributed by atoms with Crippen LogP contribution in [0.15, 0.2) is 24.3 Å². The summed E-state index contributed by atoms with van der Waals surface area (Å²) in [5.74, 6) is -0.601. The van der Waals surface area contributed by atoms with Crippen LogP contribution in [0, 0.1) is 0 Å². The van der Waals surface area contributed by atoms with Crippen LogP contribution in [-0.2, 0) is 9.53 Å². The van der Waals surface area contributed by atoms with Crippen LogP contribution in [0.1, 0.15) is 27.7 Å². The molecule has 1 rings (SSSR count). The van der Waals surface area contributed by atoms with E-state index in [-0.39, 0.29) is 11.4 Å². The predicted molar refractivity (Wildman–Crippen MR) is 80.5 cm³/mol. The number of hydrogen-bond donors (Lipinski definition) is 2. The van der Waals surface area contributed by atoms with E-state index in [9.17, 15) is 18.4 Å². The van der Waals surface area contributed by atoms with Gasteiger partial charge in [-0.3, -0.25) is 4.79 Å². The average Bonchev–Trinajstić information content (AvgIpc) is 2.35. The van der Waals surface area contributed by atoms with Crippen molar-refractivity contribution in [3.63, 3.8) is 0 Å². The summed E-state index contributed by atoms with van der Waals surface area (Å²) in [4.78, 5) is 23.6. The topological polar surface area (TPSA) is 76.7 Å². The minimum atomic E-state index is -2.95. The van der Waals surface area contributed by atoms with Crippen molar-refractivity contribution in [2.24, 2.45) is 0 Å². The number of alkyl carbamates (subject to hydrolysis) is 1. The number of carbonyl (C=O) groups is 2. The Bertz CT molecular complexity index is 559. The quantitative estimate of drug-likeness (QED) is 0.869. The van der Waals surface area contributed by atoms with E-state index in [1.807, 2.05) is 0 Å². The van der Waals surface area contributed by atoms with Crippen LogP contribution in [-0.4, -0.2) is 30.3 Å². The number of hydrogen-bond acceptors (Lipinski definition) is 4. The molecule has 0 aromatic heterocycles. The Morgan fingerprint density at radius 3 is 2.43 bits per heavy atom. The van der Waals surface area contributed by atoms with Gasteiger partial charge in [-0.2, -0.15) is 8.78 Å². The van der Waals surface area contributed by atoms with E-state index in [4.69, 9.17) is 4.74 Å². The molecule has 0 bridgehead atoms. The van der Waals surface area contributed by atoms with Crippen LogP contribution >= 0.6 is 0 Å². The summed E-state index contributed by atoms with van der Waals surface area (Å²) in [5.41, 5.74) is -0.410. The molecule has 0 aliphatic heterocycles. The largest absolute Gasteiger partial charge is 0.444 e. The Morgan fingerprint density at radius 2 is 1.87 bits per heavy atom. The van der Waals surface area contributed by atoms with Gasteiger partial charge in [0.1, 0.15) is 17.4 Å². The fourth-order valence-electron chi connectivity index (χ4n) is 1.55. The molecule has 2 N–H and O–H groups in total. The second kappa shape index (κ2) is 7.75. The smallest absolute Gasteiger partial charge is 0.408 e. The highest BCUT2D eigenvalue weighted by Crippen LogP contribution is 2.19. The highest BCUT2D eigenvalue weighted by atomic mass is 19.3. The number of benzene rings is 1. The third-order valence-corrected chi connectivity index (χ3v) is 2.45. The van der Waals surface area contributed by atoms with Gasteiger partial charge in [0.15, 0.2) is 0 Å². The first kappa shape index (κ1) is 18.7. The number of ether oxygens (including phenoxy) is 2. The van der Waals surface area contributed by atoms with Gasteiger partial charge in [0.2, 0.25) is 5.91 Å². The molecule has 6 nitrogen and oxygen atoms in total. The molecule has 0 aliphatic rings. The Hall–Kier alpha value is -2.38. The zero-order valence-electron chi connectivity index (χ0n) is 13.4. The van der Waals surface area contributed by atoms with Gasteiger partial charge in [-0.1, -0.05) is 6.07 Å². The summed E-state index contributed by atoms with van der Waals surface area (Å²) in [6.45, 7) is 3.62. The van der Waals surface area contributed by atoms with Crippen molar-refractivity contribution in [3.05, 3.63) is 24.3 Å². The molecule has 2 amide bonds. The molecule has 0 spiro atoms. The lowest BCUT2D eigenvalue weighted by atomic mass is 10.2. The number of nitrogens with one attached hydrogen (secondary N) is 2. The van der Waals surface area contributed by atoms with Crippen LogP contribution in [0.3, 0.4) is 0 Å². The average molecular weight is 330 g/mol. The first-order chi connectivity index (χ1) is 10.6. The summed E-state index contributed by atoms with van der Waals surface area (Å²) in [6, 6.07) is 4.69. The second-order valence-corrected chi connectivity index (χ2v) is 5.76. The van der Waals surface area contributed by atoms with Crippen LogP contribution in [0.5, 0.6) is 5.75 Å². The number of amides is 2. The van der Waals surface area contributed by atoms with E-state index in [0.29, 0.717) is 0 Å². The predicted octanol–water partition coefficient (Wildman–Crippen LogP) is 3.14. The van der Waals surface area contributed by atoms with Crippen molar-refractivity contribution in [2.75, 3.05) is 5.32 Å². The normalized spacial score (nSPS) is 12.5. The summed E-state index contributed by atoms with van der Waals surface area (Å²) in [6.07, 6.45) is -0.727. The number of alkyl halides is 2. The van der Waals surface area contributed by atoms with E-state index in [1.54, 1.807) is 20.8 Å². The third kappa shape index (κ3) is 7.44. The van der Waals surface area contributed by atoms with Gasteiger partial charge in [0, 0.05) is 11.8 Å². The maximum Gasteiger partial charge on any atom is 0.408 e. The van der Waals surface area contributed by atoms with E-state index in [0.717, 1.165) is 0 Å². The molecule has 0 fully saturated rings. The van der Waals surface area contributed by atoms with Crippen molar-refractivity contribution in [1.29, 1.82) is 0 Å². The first-order valence-corrected chi connectivity index (χ1v) is 6.92. The Labute approximate surface area is 133 Å². The van der Waals surface area contributed by atoms with Gasteiger partial charge in [0.05, 0.1) is 0 Å². The van der Waals surface area contributed by atoms with Crippen LogP contribution < -0.4 is 15.4 Å². The standard InChI is InChI=1S/C15H20F2N2O4/c1-9(18-14(21)23-15(2,3)4)12(20)19-10-6-5-7-11(8-10)22-13(16)17/h5-9,13H,1-4H3,(H,18,21)(H,19,20)/t9-/m0/s1. The second-order valence-electron chi connectivity index (χ2n) is 5.76. The zero-order chi connectivity index (χ0) is 17.6. The SMILES string of the molecule is C[C@H](NC(=O)OC(C)(C)C)C(=O)Nc1cccc(OC(F)F)c1. The number of anilines is 1. The molecule has 0 saturated carbocycles. The summed E-state index contributed by atoms with van der Waals surface area (Å²) < 4.78 is 33.6. The fourth-order valence-corrected chi connectivity index (χ4v) is 1.55. The number of carbonyl (C=O) groups excluding carboxylic acids is 2. The maximum absolute atomic E-state index is 12.2. The van der Waals surface area contributed by atoms with Gasteiger partial charge >= 0.3 is 12.7 Å². The van der Waals surface area contributed by atoms with Crippen molar-refractivity contribution in [2.45, 2.75) is 45.9 Å². The van der Waals surface area contributed by atoms with Gasteiger partial charge in [0.25, 0.3) is 0 Å². The molecule has 1 aromatic rings. The number of rotatable bonds is 5. The third-order valence-electron chi connectivity index (χ3n) is 2.45. The summed E-state index contributed by atoms with van der Waals surface area (Å²) in [7, 11) is 0. The lowest BCUT2D eigenvalue weighted by Crippen LogP contribution is -2.43. The van der Waals surface area contributed by atoms with Gasteiger partial charge < -0.3 is 20.1 Å². The zero-order valence-corrected chi connectivity index (χ0v) is 13.4. The molecule has 0 saturated heterocycles. The maximum atomic E-state index is 12.2. The highest BCUT2D eigenvalue weighted by molar-refractivity contribution is 5.96. The lowest BCUT2D eigenvalue weighted by Gasteiger charge is -2.21. The van der Waals surface area contributed by atoms with Crippen molar-refractivity contribution in [3.8, 4) is 5.75 Å². The minimum Gasteiger partial charge on any atom is -0.444 e. The van der Waals surface area contributed by atoms with Crippen LogP contribution in [0.4, 0.5) is 19.3 Å². The molecule has 1 atom stereocenters. The molecule has 23 heavy (non-hydrogen) atoms. The summed E-state index contributed by atoms with van der Waals surface area (Å²) >= 11 is 0. The number of halogens is 2. The summed E-state index contributed by atoms with van der Waals surface area (Å²) in [5, 5.41) is 4.87. The molecular weight excluding hydrogens is 310 g/mol. The van der Waals surface area contributed by atoms with E-state index < -0.39 is 30.3 Å².